The summed E-state index contributed by atoms with van der Waals surface area (Å²) in [5, 5.41) is 6.56. The number of rotatable bonds is 13. The van der Waals surface area contributed by atoms with Crippen LogP contribution in [0.25, 0.3) is 0 Å². The predicted octanol–water partition coefficient (Wildman–Crippen LogP) is 2.03. The van der Waals surface area contributed by atoms with E-state index >= 15 is 0 Å². The second-order valence-electron chi connectivity index (χ2n) is 6.84. The van der Waals surface area contributed by atoms with Crippen molar-refractivity contribution in [3.8, 4) is 0 Å². The summed E-state index contributed by atoms with van der Waals surface area (Å²) in [7, 11) is 3.46. The Morgan fingerprint density at radius 3 is 2.54 bits per heavy atom. The highest BCUT2D eigenvalue weighted by Crippen LogP contribution is 2.00. The average molecular weight is 393 g/mol. The highest BCUT2D eigenvalue weighted by Gasteiger charge is 2.06. The summed E-state index contributed by atoms with van der Waals surface area (Å²) in [5.74, 6) is 0.639. The molecule has 0 saturated carbocycles. The van der Waals surface area contributed by atoms with Crippen LogP contribution in [0.4, 0.5) is 0 Å². The molecule has 0 saturated heterocycles. The summed E-state index contributed by atoms with van der Waals surface area (Å²) in [5.41, 5.74) is 1.17. The van der Waals surface area contributed by atoms with Gasteiger partial charge in [0.05, 0.1) is 19.8 Å². The van der Waals surface area contributed by atoms with Crippen molar-refractivity contribution in [1.82, 2.24) is 15.5 Å². The Morgan fingerprint density at radius 2 is 1.86 bits per heavy atom. The van der Waals surface area contributed by atoms with Crippen molar-refractivity contribution in [3.05, 3.63) is 35.9 Å². The number of hydrogen-bond acceptors (Lipinski definition) is 4. The zero-order chi connectivity index (χ0) is 20.6. The molecule has 1 aromatic rings. The van der Waals surface area contributed by atoms with Crippen molar-refractivity contribution >= 4 is 11.9 Å². The van der Waals surface area contributed by atoms with Gasteiger partial charge in [0.15, 0.2) is 5.96 Å². The molecule has 0 heterocycles. The third-order valence-electron chi connectivity index (χ3n) is 4.11. The Balaban J connectivity index is 2.15. The maximum absolute atomic E-state index is 11.7. The fraction of sp³-hybridized carbons (Fsp3) is 0.619. The first-order chi connectivity index (χ1) is 13.5. The van der Waals surface area contributed by atoms with Crippen molar-refractivity contribution in [2.45, 2.75) is 39.3 Å². The summed E-state index contributed by atoms with van der Waals surface area (Å²) in [6.07, 6.45) is 1.83. The number of benzene rings is 1. The molecule has 1 unspecified atom stereocenters. The number of ether oxygens (including phenoxy) is 2. The van der Waals surface area contributed by atoms with Gasteiger partial charge < -0.3 is 25.0 Å². The van der Waals surface area contributed by atoms with Crippen molar-refractivity contribution in [2.75, 3.05) is 47.0 Å². The lowest BCUT2D eigenvalue weighted by Crippen LogP contribution is -2.43. The van der Waals surface area contributed by atoms with E-state index in [-0.39, 0.29) is 12.5 Å². The molecule has 0 aliphatic carbocycles. The van der Waals surface area contributed by atoms with Crippen molar-refractivity contribution in [2.24, 2.45) is 4.99 Å². The fourth-order valence-electron chi connectivity index (χ4n) is 2.14. The smallest absolute Gasteiger partial charge is 0.243 e. The molecule has 7 nitrogen and oxygen atoms in total. The summed E-state index contributed by atoms with van der Waals surface area (Å²) < 4.78 is 11.2. The molecule has 1 atom stereocenters. The summed E-state index contributed by atoms with van der Waals surface area (Å²) in [6.45, 7) is 7.47. The number of hydrogen-bond donors (Lipinski definition) is 2. The Morgan fingerprint density at radius 1 is 1.14 bits per heavy atom. The zero-order valence-corrected chi connectivity index (χ0v) is 17.7. The lowest BCUT2D eigenvalue weighted by molar-refractivity contribution is -0.127. The average Bonchev–Trinajstić information content (AvgIpc) is 2.70. The third-order valence-corrected chi connectivity index (χ3v) is 4.11. The molecule has 1 rings (SSSR count). The van der Waals surface area contributed by atoms with Gasteiger partial charge in [-0.25, -0.2) is 4.99 Å². The van der Waals surface area contributed by atoms with E-state index in [0.29, 0.717) is 38.4 Å². The van der Waals surface area contributed by atoms with Crippen LogP contribution in [0.2, 0.25) is 0 Å². The summed E-state index contributed by atoms with van der Waals surface area (Å²) >= 11 is 0. The van der Waals surface area contributed by atoms with Gasteiger partial charge in [0.1, 0.15) is 6.54 Å². The van der Waals surface area contributed by atoms with Gasteiger partial charge in [0.2, 0.25) is 5.91 Å². The molecular formula is C21H36N4O3. The number of amides is 1. The zero-order valence-electron chi connectivity index (χ0n) is 17.7. The molecule has 0 radical (unpaired) electrons. The molecule has 1 aromatic carbocycles. The van der Waals surface area contributed by atoms with E-state index in [4.69, 9.17) is 9.47 Å². The molecule has 158 valence electrons. The van der Waals surface area contributed by atoms with Gasteiger partial charge in [-0.15, -0.1) is 0 Å². The monoisotopic (exact) mass is 392 g/mol. The minimum absolute atomic E-state index is 0.0240. The third kappa shape index (κ3) is 11.6. The Labute approximate surface area is 169 Å². The van der Waals surface area contributed by atoms with Crippen LogP contribution in [-0.2, 0) is 20.9 Å². The van der Waals surface area contributed by atoms with Crippen LogP contribution in [0.5, 0.6) is 0 Å². The van der Waals surface area contributed by atoms with Gasteiger partial charge in [-0.1, -0.05) is 37.3 Å². The Kier molecular flexibility index (Phi) is 12.7. The minimum Gasteiger partial charge on any atom is -0.379 e. The fourth-order valence-corrected chi connectivity index (χ4v) is 2.14. The molecule has 0 fully saturated rings. The van der Waals surface area contributed by atoms with Crippen LogP contribution in [0.15, 0.2) is 35.3 Å². The quantitative estimate of drug-likeness (QED) is 0.305. The molecule has 0 aliphatic heterocycles. The van der Waals surface area contributed by atoms with E-state index < -0.39 is 0 Å². The molecule has 1 amide bonds. The van der Waals surface area contributed by atoms with Crippen LogP contribution >= 0.6 is 0 Å². The first kappa shape index (κ1) is 23.9. The molecular weight excluding hydrogens is 356 g/mol. The first-order valence-electron chi connectivity index (χ1n) is 9.97. The number of carbonyl (C=O) groups is 1. The second kappa shape index (κ2) is 14.9. The number of nitrogens with zero attached hydrogens (tertiary/aromatic N) is 2. The number of guanidine groups is 1. The van der Waals surface area contributed by atoms with Gasteiger partial charge in [0, 0.05) is 33.3 Å². The maximum atomic E-state index is 11.7. The highest BCUT2D eigenvalue weighted by molar-refractivity contribution is 5.84. The number of nitrogens with one attached hydrogen (secondary N) is 2. The standard InChI is InChI=1S/C21H36N4O3/c1-5-18(2)24-21(23-16-20(26)25(3)4)22-12-9-13-27-14-15-28-17-19-10-7-6-8-11-19/h6-8,10-11,18H,5,9,12-17H2,1-4H3,(H2,22,23,24). The SMILES string of the molecule is CCC(C)NC(=NCC(=O)N(C)C)NCCCOCCOCc1ccccc1. The number of aliphatic imine (C=N–C) groups is 1. The molecule has 0 bridgehead atoms. The van der Waals surface area contributed by atoms with E-state index in [1.54, 1.807) is 14.1 Å². The number of carbonyl (C=O) groups excluding carboxylic acids is 1. The van der Waals surface area contributed by atoms with E-state index in [1.165, 1.54) is 10.5 Å². The van der Waals surface area contributed by atoms with Gasteiger partial charge in [0.25, 0.3) is 0 Å². The van der Waals surface area contributed by atoms with Crippen molar-refractivity contribution < 1.29 is 14.3 Å². The van der Waals surface area contributed by atoms with Crippen LogP contribution in [0, 0.1) is 0 Å². The number of likely N-dealkylation sites (N-methyl/N-ethyl adjacent to an activating group) is 1. The lowest BCUT2D eigenvalue weighted by atomic mass is 10.2. The van der Waals surface area contributed by atoms with E-state index in [2.05, 4.69) is 29.5 Å². The molecule has 7 heteroatoms. The molecule has 28 heavy (non-hydrogen) atoms. The van der Waals surface area contributed by atoms with Crippen LogP contribution in [-0.4, -0.2) is 69.8 Å². The maximum Gasteiger partial charge on any atom is 0.243 e. The van der Waals surface area contributed by atoms with Gasteiger partial charge in [-0.3, -0.25) is 4.79 Å². The summed E-state index contributed by atoms with van der Waals surface area (Å²) in [6, 6.07) is 10.4. The van der Waals surface area contributed by atoms with E-state index in [0.717, 1.165) is 19.4 Å². The van der Waals surface area contributed by atoms with Gasteiger partial charge in [-0.2, -0.15) is 0 Å². The van der Waals surface area contributed by atoms with E-state index in [9.17, 15) is 4.79 Å². The van der Waals surface area contributed by atoms with Gasteiger partial charge >= 0.3 is 0 Å². The van der Waals surface area contributed by atoms with Crippen LogP contribution in [0.1, 0.15) is 32.3 Å². The minimum atomic E-state index is -0.0240. The normalized spacial score (nSPS) is 12.5. The van der Waals surface area contributed by atoms with Crippen molar-refractivity contribution in [1.29, 1.82) is 0 Å². The predicted molar refractivity (Wildman–Crippen MR) is 113 cm³/mol. The summed E-state index contributed by atoms with van der Waals surface area (Å²) in [4.78, 5) is 17.6. The van der Waals surface area contributed by atoms with Crippen LogP contribution in [0.3, 0.4) is 0 Å². The molecule has 0 spiro atoms. The molecule has 2 N–H and O–H groups in total. The largest absolute Gasteiger partial charge is 0.379 e. The second-order valence-corrected chi connectivity index (χ2v) is 6.84. The first-order valence-corrected chi connectivity index (χ1v) is 9.97. The highest BCUT2D eigenvalue weighted by atomic mass is 16.5. The van der Waals surface area contributed by atoms with E-state index in [1.807, 2.05) is 30.3 Å². The Bertz CT molecular complexity index is 564. The molecule has 0 aliphatic rings. The molecule has 0 aromatic heterocycles. The van der Waals surface area contributed by atoms with Crippen molar-refractivity contribution in [3.63, 3.8) is 0 Å². The Hall–Kier alpha value is -2.12. The van der Waals surface area contributed by atoms with Gasteiger partial charge in [-0.05, 0) is 25.3 Å². The lowest BCUT2D eigenvalue weighted by Gasteiger charge is -2.17. The van der Waals surface area contributed by atoms with Crippen LogP contribution < -0.4 is 10.6 Å². The topological polar surface area (TPSA) is 75.2 Å².